The number of amides is 2. The van der Waals surface area contributed by atoms with Gasteiger partial charge in [0, 0.05) is 11.4 Å². The average molecular weight is 564 g/mol. The number of carbonyl (C=O) groups excluding carboxylic acids is 2. The molecule has 0 bridgehead atoms. The Hall–Kier alpha value is -4.29. The second-order valence-electron chi connectivity index (χ2n) is 8.04. The summed E-state index contributed by atoms with van der Waals surface area (Å²) in [5.41, 5.74) is 3.71. The SMILES string of the molecule is COc1ccc(NC(=O)/C(C#N)=C\c2cc(Br)c(OCC(=O)Nc3ccc(C)cc3C)c(OC)c2)cc1. The quantitative estimate of drug-likeness (QED) is 0.257. The average Bonchev–Trinajstić information content (AvgIpc) is 2.88. The van der Waals surface area contributed by atoms with Crippen LogP contribution >= 0.6 is 15.9 Å². The van der Waals surface area contributed by atoms with Crippen molar-refractivity contribution in [2.24, 2.45) is 0 Å². The molecule has 0 aliphatic rings. The highest BCUT2D eigenvalue weighted by molar-refractivity contribution is 9.10. The van der Waals surface area contributed by atoms with Crippen molar-refractivity contribution in [2.45, 2.75) is 13.8 Å². The maximum Gasteiger partial charge on any atom is 0.266 e. The summed E-state index contributed by atoms with van der Waals surface area (Å²) in [5, 5.41) is 15.1. The largest absolute Gasteiger partial charge is 0.497 e. The summed E-state index contributed by atoms with van der Waals surface area (Å²) in [4.78, 5) is 25.1. The topological polar surface area (TPSA) is 110 Å². The Morgan fingerprint density at radius 1 is 1.00 bits per heavy atom. The third-order valence-corrected chi connectivity index (χ3v) is 5.87. The third-order valence-electron chi connectivity index (χ3n) is 5.28. The zero-order chi connectivity index (χ0) is 26.9. The van der Waals surface area contributed by atoms with Crippen LogP contribution < -0.4 is 24.8 Å². The number of methoxy groups -OCH3 is 2. The molecular formula is C28H26BrN3O5. The van der Waals surface area contributed by atoms with Gasteiger partial charge in [-0.15, -0.1) is 0 Å². The van der Waals surface area contributed by atoms with E-state index < -0.39 is 5.91 Å². The van der Waals surface area contributed by atoms with Crippen LogP contribution in [-0.4, -0.2) is 32.6 Å². The molecule has 0 atom stereocenters. The number of aryl methyl sites for hydroxylation is 2. The minimum atomic E-state index is -0.564. The van der Waals surface area contributed by atoms with Crippen molar-refractivity contribution in [2.75, 3.05) is 31.5 Å². The number of ether oxygens (including phenoxy) is 3. The van der Waals surface area contributed by atoms with E-state index in [1.807, 2.05) is 38.1 Å². The number of carbonyl (C=O) groups is 2. The summed E-state index contributed by atoms with van der Waals surface area (Å²) < 4.78 is 16.8. The predicted molar refractivity (Wildman–Crippen MR) is 146 cm³/mol. The summed E-state index contributed by atoms with van der Waals surface area (Å²) in [7, 11) is 3.01. The molecule has 0 saturated carbocycles. The van der Waals surface area contributed by atoms with Gasteiger partial charge >= 0.3 is 0 Å². The lowest BCUT2D eigenvalue weighted by Gasteiger charge is -2.14. The first kappa shape index (κ1) is 27.3. The van der Waals surface area contributed by atoms with Gasteiger partial charge in [-0.25, -0.2) is 0 Å². The van der Waals surface area contributed by atoms with Gasteiger partial charge in [-0.1, -0.05) is 17.7 Å². The third kappa shape index (κ3) is 7.35. The molecule has 0 fully saturated rings. The predicted octanol–water partition coefficient (Wildman–Crippen LogP) is 5.65. The monoisotopic (exact) mass is 563 g/mol. The number of hydrogen-bond donors (Lipinski definition) is 2. The van der Waals surface area contributed by atoms with Gasteiger partial charge < -0.3 is 24.8 Å². The molecule has 0 aliphatic carbocycles. The molecule has 3 rings (SSSR count). The fourth-order valence-electron chi connectivity index (χ4n) is 3.43. The Kier molecular flexibility index (Phi) is 9.30. The van der Waals surface area contributed by atoms with Crippen molar-refractivity contribution < 1.29 is 23.8 Å². The molecule has 0 aromatic heterocycles. The lowest BCUT2D eigenvalue weighted by atomic mass is 10.1. The molecule has 0 saturated heterocycles. The van der Waals surface area contributed by atoms with Crippen molar-refractivity contribution in [1.82, 2.24) is 0 Å². The summed E-state index contributed by atoms with van der Waals surface area (Å²) in [6.45, 7) is 3.66. The number of halogens is 1. The number of nitrogens with zero attached hydrogens (tertiary/aromatic N) is 1. The Bertz CT molecular complexity index is 1380. The van der Waals surface area contributed by atoms with Gasteiger partial charge in [0.1, 0.15) is 17.4 Å². The molecule has 0 radical (unpaired) electrons. The van der Waals surface area contributed by atoms with Crippen molar-refractivity contribution in [3.63, 3.8) is 0 Å². The van der Waals surface area contributed by atoms with E-state index in [1.165, 1.54) is 13.2 Å². The standard InChI is InChI=1S/C28H26BrN3O5/c1-17-5-10-24(18(2)11-17)32-26(33)16-37-27-23(29)13-19(14-25(27)36-4)12-20(15-30)28(34)31-21-6-8-22(35-3)9-7-21/h5-14H,16H2,1-4H3,(H,31,34)(H,32,33)/b20-12-. The first-order valence-corrected chi connectivity index (χ1v) is 12.0. The van der Waals surface area contributed by atoms with Crippen LogP contribution in [0, 0.1) is 25.2 Å². The fraction of sp³-hybridized carbons (Fsp3) is 0.179. The van der Waals surface area contributed by atoms with Crippen LogP contribution in [0.25, 0.3) is 6.08 Å². The van der Waals surface area contributed by atoms with Crippen LogP contribution in [0.3, 0.4) is 0 Å². The molecule has 2 amide bonds. The maximum absolute atomic E-state index is 12.6. The van der Waals surface area contributed by atoms with E-state index in [9.17, 15) is 14.9 Å². The highest BCUT2D eigenvalue weighted by Gasteiger charge is 2.16. The van der Waals surface area contributed by atoms with Gasteiger partial charge in [-0.05, 0) is 89.4 Å². The minimum Gasteiger partial charge on any atom is -0.497 e. The zero-order valence-electron chi connectivity index (χ0n) is 20.8. The molecule has 37 heavy (non-hydrogen) atoms. The van der Waals surface area contributed by atoms with E-state index in [1.54, 1.807) is 43.5 Å². The van der Waals surface area contributed by atoms with Crippen LogP contribution in [0.5, 0.6) is 17.2 Å². The Balaban J connectivity index is 1.73. The number of nitriles is 1. The van der Waals surface area contributed by atoms with E-state index >= 15 is 0 Å². The molecule has 0 spiro atoms. The number of anilines is 2. The number of rotatable bonds is 9. The van der Waals surface area contributed by atoms with Crippen molar-refractivity contribution in [1.29, 1.82) is 5.26 Å². The van der Waals surface area contributed by atoms with Gasteiger partial charge in [-0.2, -0.15) is 5.26 Å². The number of hydrogen-bond acceptors (Lipinski definition) is 6. The number of benzene rings is 3. The van der Waals surface area contributed by atoms with Crippen molar-refractivity contribution in [3.8, 4) is 23.3 Å². The molecule has 0 heterocycles. The van der Waals surface area contributed by atoms with Crippen LogP contribution in [-0.2, 0) is 9.59 Å². The summed E-state index contributed by atoms with van der Waals surface area (Å²) >= 11 is 3.43. The minimum absolute atomic E-state index is 0.105. The number of nitrogens with one attached hydrogen (secondary N) is 2. The lowest BCUT2D eigenvalue weighted by molar-refractivity contribution is -0.118. The van der Waals surface area contributed by atoms with E-state index in [0.29, 0.717) is 38.7 Å². The molecule has 0 aliphatic heterocycles. The van der Waals surface area contributed by atoms with Crippen molar-refractivity contribution in [3.05, 3.63) is 81.3 Å². The highest BCUT2D eigenvalue weighted by atomic mass is 79.9. The molecule has 2 N–H and O–H groups in total. The molecule has 3 aromatic carbocycles. The van der Waals surface area contributed by atoms with Crippen LogP contribution in [0.2, 0.25) is 0 Å². The maximum atomic E-state index is 12.6. The second kappa shape index (κ2) is 12.6. The summed E-state index contributed by atoms with van der Waals surface area (Å²) in [6, 6.07) is 17.7. The zero-order valence-corrected chi connectivity index (χ0v) is 22.4. The highest BCUT2D eigenvalue weighted by Crippen LogP contribution is 2.37. The summed E-state index contributed by atoms with van der Waals surface area (Å²) in [6.07, 6.45) is 1.43. The Morgan fingerprint density at radius 2 is 1.73 bits per heavy atom. The van der Waals surface area contributed by atoms with Gasteiger partial charge in [0.25, 0.3) is 11.8 Å². The van der Waals surface area contributed by atoms with Crippen molar-refractivity contribution >= 4 is 45.2 Å². The fourth-order valence-corrected chi connectivity index (χ4v) is 4.00. The van der Waals surface area contributed by atoms with E-state index in [2.05, 4.69) is 26.6 Å². The molecule has 0 unspecified atom stereocenters. The van der Waals surface area contributed by atoms with Gasteiger partial charge in [0.2, 0.25) is 0 Å². The smallest absolute Gasteiger partial charge is 0.266 e. The van der Waals surface area contributed by atoms with Crippen LogP contribution in [0.15, 0.2) is 64.6 Å². The lowest BCUT2D eigenvalue weighted by Crippen LogP contribution is -2.21. The van der Waals surface area contributed by atoms with Gasteiger partial charge in [0.05, 0.1) is 18.7 Å². The molecule has 3 aromatic rings. The molecule has 190 valence electrons. The Labute approximate surface area is 224 Å². The second-order valence-corrected chi connectivity index (χ2v) is 8.90. The molecular weight excluding hydrogens is 538 g/mol. The summed E-state index contributed by atoms with van der Waals surface area (Å²) in [5.74, 6) is 0.401. The first-order chi connectivity index (χ1) is 17.7. The van der Waals surface area contributed by atoms with Gasteiger partial charge in [0.15, 0.2) is 18.1 Å². The van der Waals surface area contributed by atoms with E-state index in [4.69, 9.17) is 14.2 Å². The molecule has 9 heteroatoms. The van der Waals surface area contributed by atoms with E-state index in [0.717, 1.165) is 11.1 Å². The van der Waals surface area contributed by atoms with Gasteiger partial charge in [-0.3, -0.25) is 9.59 Å². The molecule has 8 nitrogen and oxygen atoms in total. The van der Waals surface area contributed by atoms with E-state index in [-0.39, 0.29) is 18.1 Å². The first-order valence-electron chi connectivity index (χ1n) is 11.2. The Morgan fingerprint density at radius 3 is 2.35 bits per heavy atom. The normalized spacial score (nSPS) is 10.8. The van der Waals surface area contributed by atoms with Crippen LogP contribution in [0.4, 0.5) is 11.4 Å². The van der Waals surface area contributed by atoms with Crippen LogP contribution in [0.1, 0.15) is 16.7 Å².